The number of hydrogen-bond acceptors (Lipinski definition) is 6. The third kappa shape index (κ3) is 7.61. The molecule has 1 fully saturated rings. The summed E-state index contributed by atoms with van der Waals surface area (Å²) in [5, 5.41) is 6.98. The predicted octanol–water partition coefficient (Wildman–Crippen LogP) is 3.19. The van der Waals surface area contributed by atoms with Crippen molar-refractivity contribution >= 4 is 44.8 Å². The van der Waals surface area contributed by atoms with E-state index in [1.807, 2.05) is 42.5 Å². The van der Waals surface area contributed by atoms with E-state index in [1.165, 1.54) is 5.56 Å². The number of para-hydroxylation sites is 2. The molecule has 3 aromatic rings. The first-order chi connectivity index (χ1) is 20.2. The summed E-state index contributed by atoms with van der Waals surface area (Å²) in [6, 6.07) is 21.5. The summed E-state index contributed by atoms with van der Waals surface area (Å²) in [6.07, 6.45) is 2.72. The normalized spacial score (nSPS) is 18.0. The third-order valence-electron chi connectivity index (χ3n) is 7.71. The van der Waals surface area contributed by atoms with Crippen LogP contribution in [0.4, 0.5) is 11.4 Å². The molecular formula is C31H36ClN5O4S. The number of fused-ring (bicyclic) bond motifs is 1. The quantitative estimate of drug-likeness (QED) is 0.362. The van der Waals surface area contributed by atoms with Crippen LogP contribution in [0.3, 0.4) is 0 Å². The molecule has 3 N–H and O–H groups in total. The Balaban J connectivity index is 1.30. The maximum atomic E-state index is 14.0. The van der Waals surface area contributed by atoms with Gasteiger partial charge in [-0.25, -0.2) is 8.42 Å². The van der Waals surface area contributed by atoms with E-state index in [9.17, 15) is 18.0 Å². The standard InChI is InChI=1S/C31H36ClN5O4S/c1-42(40,41)35-26-9-4-5-10-29(26)36-15-6-16-37(18-17-36)31(39)28(19-22-11-13-25(32)14-12-22)34-30(38)27-20-23-7-2-3-8-24(23)21-33-27/h2-5,7-14,27-28,33,35H,6,15-21H2,1H3,(H,34,38)/t27-,28+/m0/s1. The van der Waals surface area contributed by atoms with Crippen LogP contribution >= 0.6 is 11.6 Å². The highest BCUT2D eigenvalue weighted by molar-refractivity contribution is 7.92. The number of sulfonamides is 1. The highest BCUT2D eigenvalue weighted by Gasteiger charge is 2.32. The summed E-state index contributed by atoms with van der Waals surface area (Å²) >= 11 is 6.09. The number of anilines is 2. The lowest BCUT2D eigenvalue weighted by atomic mass is 9.95. The van der Waals surface area contributed by atoms with Crippen LogP contribution in [0.2, 0.25) is 5.02 Å². The molecule has 0 unspecified atom stereocenters. The third-order valence-corrected chi connectivity index (χ3v) is 8.56. The van der Waals surface area contributed by atoms with Gasteiger partial charge in [0.25, 0.3) is 0 Å². The van der Waals surface area contributed by atoms with Gasteiger partial charge in [-0.1, -0.05) is 60.1 Å². The van der Waals surface area contributed by atoms with E-state index in [-0.39, 0.29) is 11.8 Å². The predicted molar refractivity (Wildman–Crippen MR) is 166 cm³/mol. The Morgan fingerprint density at radius 2 is 1.67 bits per heavy atom. The van der Waals surface area contributed by atoms with E-state index in [0.717, 1.165) is 23.1 Å². The van der Waals surface area contributed by atoms with Crippen molar-refractivity contribution in [1.82, 2.24) is 15.5 Å². The first-order valence-corrected chi connectivity index (χ1v) is 16.4. The second kappa shape index (κ2) is 13.1. The molecule has 2 aliphatic heterocycles. The SMILES string of the molecule is CS(=O)(=O)Nc1ccccc1N1CCCN(C(=O)[C@@H](Cc2ccc(Cl)cc2)NC(=O)[C@@H]2Cc3ccccc3CN2)CC1. The highest BCUT2D eigenvalue weighted by atomic mass is 35.5. The van der Waals surface area contributed by atoms with E-state index in [0.29, 0.717) is 62.7 Å². The number of rotatable bonds is 8. The number of nitrogens with zero attached hydrogens (tertiary/aromatic N) is 2. The minimum atomic E-state index is -3.45. The number of halogens is 1. The summed E-state index contributed by atoms with van der Waals surface area (Å²) in [6.45, 7) is 2.75. The van der Waals surface area contributed by atoms with Crippen molar-refractivity contribution in [2.24, 2.45) is 0 Å². The summed E-state index contributed by atoms with van der Waals surface area (Å²) in [5.74, 6) is -0.340. The van der Waals surface area contributed by atoms with Crippen LogP contribution in [0.25, 0.3) is 0 Å². The highest BCUT2D eigenvalue weighted by Crippen LogP contribution is 2.27. The van der Waals surface area contributed by atoms with Gasteiger partial charge in [-0.2, -0.15) is 0 Å². The van der Waals surface area contributed by atoms with Crippen molar-refractivity contribution in [3.05, 3.63) is 94.5 Å². The van der Waals surface area contributed by atoms with Gasteiger partial charge in [-0.05, 0) is 53.8 Å². The Hall–Kier alpha value is -3.60. The molecule has 9 nitrogen and oxygen atoms in total. The fourth-order valence-corrected chi connectivity index (χ4v) is 6.30. The lowest BCUT2D eigenvalue weighted by Gasteiger charge is -2.30. The van der Waals surface area contributed by atoms with Crippen molar-refractivity contribution in [2.75, 3.05) is 42.1 Å². The first-order valence-electron chi connectivity index (χ1n) is 14.1. The van der Waals surface area contributed by atoms with Gasteiger partial charge < -0.3 is 20.4 Å². The number of benzene rings is 3. The van der Waals surface area contributed by atoms with Crippen LogP contribution in [-0.2, 0) is 39.0 Å². The lowest BCUT2D eigenvalue weighted by molar-refractivity contribution is -0.136. The Kier molecular flexibility index (Phi) is 9.35. The monoisotopic (exact) mass is 609 g/mol. The molecule has 0 saturated carbocycles. The van der Waals surface area contributed by atoms with Crippen molar-refractivity contribution in [1.29, 1.82) is 0 Å². The summed E-state index contributed by atoms with van der Waals surface area (Å²) in [5.41, 5.74) is 4.49. The Bertz CT molecular complexity index is 1530. The average molecular weight is 610 g/mol. The molecule has 5 rings (SSSR count). The molecule has 11 heteroatoms. The molecule has 2 atom stereocenters. The smallest absolute Gasteiger partial charge is 0.245 e. The maximum Gasteiger partial charge on any atom is 0.245 e. The lowest BCUT2D eigenvalue weighted by Crippen LogP contribution is -2.56. The fourth-order valence-electron chi connectivity index (χ4n) is 5.60. The average Bonchev–Trinajstić information content (AvgIpc) is 3.23. The van der Waals surface area contributed by atoms with Gasteiger partial charge in [0.05, 0.1) is 23.7 Å². The Morgan fingerprint density at radius 1 is 0.952 bits per heavy atom. The van der Waals surface area contributed by atoms with Crippen LogP contribution < -0.4 is 20.3 Å². The molecule has 222 valence electrons. The number of nitrogens with one attached hydrogen (secondary N) is 3. The zero-order valence-corrected chi connectivity index (χ0v) is 25.1. The van der Waals surface area contributed by atoms with E-state index in [1.54, 1.807) is 29.2 Å². The fraction of sp³-hybridized carbons (Fsp3) is 0.355. The van der Waals surface area contributed by atoms with Crippen LogP contribution in [0.5, 0.6) is 0 Å². The minimum absolute atomic E-state index is 0.140. The second-order valence-corrected chi connectivity index (χ2v) is 13.0. The molecule has 0 bridgehead atoms. The summed E-state index contributed by atoms with van der Waals surface area (Å²) in [7, 11) is -3.45. The largest absolute Gasteiger partial charge is 0.368 e. The first kappa shape index (κ1) is 29.9. The van der Waals surface area contributed by atoms with Gasteiger partial charge in [-0.15, -0.1) is 0 Å². The number of hydrogen-bond donors (Lipinski definition) is 3. The zero-order chi connectivity index (χ0) is 29.7. The number of amides is 2. The van der Waals surface area contributed by atoms with Crippen LogP contribution in [0, 0.1) is 0 Å². The molecule has 0 aromatic heterocycles. The molecule has 2 amide bonds. The molecule has 3 aromatic carbocycles. The summed E-state index contributed by atoms with van der Waals surface area (Å²) < 4.78 is 26.4. The molecule has 42 heavy (non-hydrogen) atoms. The Labute approximate surface area is 252 Å². The molecule has 0 radical (unpaired) electrons. The number of carbonyl (C=O) groups is 2. The minimum Gasteiger partial charge on any atom is -0.368 e. The Morgan fingerprint density at radius 3 is 2.43 bits per heavy atom. The molecule has 1 saturated heterocycles. The summed E-state index contributed by atoms with van der Waals surface area (Å²) in [4.78, 5) is 31.4. The van der Waals surface area contributed by atoms with Gasteiger partial charge in [0.1, 0.15) is 6.04 Å². The molecule has 0 aliphatic carbocycles. The molecular weight excluding hydrogens is 574 g/mol. The van der Waals surface area contributed by atoms with E-state index in [2.05, 4.69) is 26.3 Å². The molecule has 2 heterocycles. The van der Waals surface area contributed by atoms with E-state index >= 15 is 0 Å². The van der Waals surface area contributed by atoms with Gasteiger partial charge in [-0.3, -0.25) is 14.3 Å². The van der Waals surface area contributed by atoms with Gasteiger partial charge in [0.15, 0.2) is 0 Å². The second-order valence-electron chi connectivity index (χ2n) is 10.9. The molecule has 0 spiro atoms. The van der Waals surface area contributed by atoms with Crippen molar-refractivity contribution in [2.45, 2.75) is 37.9 Å². The van der Waals surface area contributed by atoms with E-state index in [4.69, 9.17) is 11.6 Å². The number of carbonyl (C=O) groups excluding carboxylic acids is 2. The van der Waals surface area contributed by atoms with Crippen molar-refractivity contribution in [3.63, 3.8) is 0 Å². The van der Waals surface area contributed by atoms with Crippen molar-refractivity contribution < 1.29 is 18.0 Å². The van der Waals surface area contributed by atoms with Crippen LogP contribution in [0.1, 0.15) is 23.1 Å². The van der Waals surface area contributed by atoms with E-state index < -0.39 is 22.1 Å². The van der Waals surface area contributed by atoms with Gasteiger partial charge in [0, 0.05) is 44.2 Å². The zero-order valence-electron chi connectivity index (χ0n) is 23.6. The van der Waals surface area contributed by atoms with Gasteiger partial charge in [0.2, 0.25) is 21.8 Å². The van der Waals surface area contributed by atoms with Gasteiger partial charge >= 0.3 is 0 Å². The molecule has 2 aliphatic rings. The topological polar surface area (TPSA) is 111 Å². The maximum absolute atomic E-state index is 14.0. The van der Waals surface area contributed by atoms with Crippen LogP contribution in [-0.4, -0.2) is 69.7 Å². The van der Waals surface area contributed by atoms with Crippen LogP contribution in [0.15, 0.2) is 72.8 Å². The van der Waals surface area contributed by atoms with Crippen molar-refractivity contribution in [3.8, 4) is 0 Å².